The molecule has 2 atom stereocenters. The van der Waals surface area contributed by atoms with Crippen molar-refractivity contribution >= 4 is 25.7 Å². The Kier molecular flexibility index (Phi) is 10.3. The van der Waals surface area contributed by atoms with Crippen LogP contribution in [0.1, 0.15) is 12.8 Å². The molecule has 0 saturated carbocycles. The van der Waals surface area contributed by atoms with Crippen molar-refractivity contribution in [3.05, 3.63) is 0 Å². The van der Waals surface area contributed by atoms with E-state index in [0.29, 0.717) is 0 Å². The fraction of sp³-hybridized carbons (Fsp3) is 0.571. The number of aliphatic hydroxyl groups is 2. The van der Waals surface area contributed by atoms with Gasteiger partial charge in [0.25, 0.3) is 0 Å². The number of hydrogen-bond donors (Lipinski definition) is 4. The number of aliphatic hydroxyl groups excluding tert-OH is 2. The molecular weight excluding hydrogens is 259 g/mol. The molecule has 0 saturated heterocycles. The number of carbonyl (C=O) groups is 3. The average Bonchev–Trinajstić information content (AvgIpc) is 2.24. The number of aliphatic carboxylic acids is 2. The minimum atomic E-state index is -3.16. The summed E-state index contributed by atoms with van der Waals surface area (Å²) in [6.45, 7) is -0.954. The van der Waals surface area contributed by atoms with Crippen molar-refractivity contribution in [2.24, 2.45) is 0 Å². The van der Waals surface area contributed by atoms with E-state index in [0.717, 1.165) is 0 Å². The van der Waals surface area contributed by atoms with E-state index in [1.54, 1.807) is 0 Å². The van der Waals surface area contributed by atoms with Crippen LogP contribution in [0, 0.1) is 0 Å². The fourth-order valence-corrected chi connectivity index (χ4v) is 0.730. The van der Waals surface area contributed by atoms with Crippen molar-refractivity contribution in [1.29, 1.82) is 0 Å². The second-order valence-corrected chi connectivity index (χ2v) is 3.63. The number of hydrogen-bond acceptors (Lipinski definition) is 7. The molecule has 98 valence electrons. The monoisotopic (exact) mass is 270 g/mol. The Labute approximate surface area is 96.2 Å². The molecule has 0 heterocycles. The van der Waals surface area contributed by atoms with Gasteiger partial charge in [0.05, 0.1) is 12.8 Å². The molecule has 0 rings (SSSR count). The first-order valence-electron chi connectivity index (χ1n) is 4.11. The van der Waals surface area contributed by atoms with Gasteiger partial charge in [-0.25, -0.2) is 0 Å². The Bertz CT molecular complexity index is 286. The van der Waals surface area contributed by atoms with E-state index < -0.39 is 38.2 Å². The average molecular weight is 270 g/mol. The van der Waals surface area contributed by atoms with Gasteiger partial charge < -0.3 is 25.3 Å². The van der Waals surface area contributed by atoms with Gasteiger partial charge in [-0.05, 0) is 0 Å². The summed E-state index contributed by atoms with van der Waals surface area (Å²) in [5.74, 6) is -5.31. The topological polar surface area (TPSA) is 172 Å². The normalized spacial score (nSPS) is 11.8. The fourth-order valence-electron chi connectivity index (χ4n) is 0.413. The minimum absolute atomic E-state index is 0.296. The van der Waals surface area contributed by atoms with Gasteiger partial charge in [0.1, 0.15) is 6.61 Å². The molecule has 0 bridgehead atoms. The van der Waals surface area contributed by atoms with Crippen molar-refractivity contribution in [3.8, 4) is 0 Å². The summed E-state index contributed by atoms with van der Waals surface area (Å²) < 4.78 is 9.75. The second-order valence-electron chi connectivity index (χ2n) is 2.57. The van der Waals surface area contributed by atoms with Gasteiger partial charge in [-0.15, -0.1) is 0 Å². The highest BCUT2D eigenvalue weighted by Crippen LogP contribution is 2.14. The molecule has 0 aliphatic rings. The SMILES string of the molecule is O=C(CO)C(O)[P+](=O)[O-].O=C(O)CCC(=O)O. The Morgan fingerprint density at radius 3 is 1.59 bits per heavy atom. The van der Waals surface area contributed by atoms with Crippen LogP contribution in [0.2, 0.25) is 0 Å². The van der Waals surface area contributed by atoms with E-state index in [2.05, 4.69) is 0 Å². The number of ketones is 1. The summed E-state index contributed by atoms with van der Waals surface area (Å²) in [6.07, 6.45) is -0.593. The van der Waals surface area contributed by atoms with Crippen LogP contribution in [-0.4, -0.2) is 50.6 Å². The third-order valence-electron chi connectivity index (χ3n) is 1.20. The van der Waals surface area contributed by atoms with Gasteiger partial charge in [-0.3, -0.25) is 14.4 Å². The summed E-state index contributed by atoms with van der Waals surface area (Å²) in [5, 5.41) is 32.1. The third kappa shape index (κ3) is 12.5. The predicted octanol–water partition coefficient (Wildman–Crippen LogP) is -2.10. The Morgan fingerprint density at radius 2 is 1.47 bits per heavy atom. The molecule has 0 radical (unpaired) electrons. The molecule has 9 nitrogen and oxygen atoms in total. The number of carbonyl (C=O) groups excluding carboxylic acids is 1. The minimum Gasteiger partial charge on any atom is -0.593 e. The lowest BCUT2D eigenvalue weighted by Gasteiger charge is -1.94. The first kappa shape index (κ1) is 18.0. The first-order valence-corrected chi connectivity index (χ1v) is 5.35. The second kappa shape index (κ2) is 9.79. The zero-order chi connectivity index (χ0) is 14.0. The van der Waals surface area contributed by atoms with Crippen molar-refractivity contribution in [3.63, 3.8) is 0 Å². The molecule has 0 aromatic carbocycles. The molecule has 0 amide bonds. The van der Waals surface area contributed by atoms with Gasteiger partial charge in [0.2, 0.25) is 5.78 Å². The lowest BCUT2D eigenvalue weighted by Crippen LogP contribution is -2.22. The maximum Gasteiger partial charge on any atom is 0.349 e. The summed E-state index contributed by atoms with van der Waals surface area (Å²) in [7, 11) is -3.16. The predicted molar refractivity (Wildman–Crippen MR) is 50.2 cm³/mol. The van der Waals surface area contributed by atoms with E-state index in [1.165, 1.54) is 0 Å². The summed E-state index contributed by atoms with van der Waals surface area (Å²) in [6, 6.07) is 0. The zero-order valence-corrected chi connectivity index (χ0v) is 9.37. The van der Waals surface area contributed by atoms with Crippen LogP contribution in [0.5, 0.6) is 0 Å². The van der Waals surface area contributed by atoms with Crippen molar-refractivity contribution in [1.82, 2.24) is 0 Å². The Hall–Kier alpha value is -1.41. The standard InChI is InChI=1S/C4H6O4.C3H5O5P/c5-3(6)1-2-4(7)8;4-1-2(5)3(6)9(7)8/h1-2H2,(H,5,6)(H,7,8);3-4,6H,1H2. The highest BCUT2D eigenvalue weighted by molar-refractivity contribution is 7.38. The van der Waals surface area contributed by atoms with E-state index in [9.17, 15) is 23.8 Å². The summed E-state index contributed by atoms with van der Waals surface area (Å²) >= 11 is 0. The molecule has 0 aliphatic carbocycles. The highest BCUT2D eigenvalue weighted by atomic mass is 31.1. The zero-order valence-electron chi connectivity index (χ0n) is 8.48. The molecule has 17 heavy (non-hydrogen) atoms. The van der Waals surface area contributed by atoms with Crippen LogP contribution in [0.25, 0.3) is 0 Å². The van der Waals surface area contributed by atoms with Crippen molar-refractivity contribution in [2.75, 3.05) is 6.61 Å². The van der Waals surface area contributed by atoms with Gasteiger partial charge in [-0.2, -0.15) is 0 Å². The van der Waals surface area contributed by atoms with Gasteiger partial charge in [0.15, 0.2) is 0 Å². The molecule has 0 spiro atoms. The van der Waals surface area contributed by atoms with E-state index in [1.807, 2.05) is 0 Å². The van der Waals surface area contributed by atoms with Crippen molar-refractivity contribution < 1.29 is 44.3 Å². The van der Waals surface area contributed by atoms with Crippen LogP contribution in [-0.2, 0) is 18.9 Å². The largest absolute Gasteiger partial charge is 0.593 e. The maximum absolute atomic E-state index is 10.1. The number of rotatable bonds is 6. The summed E-state index contributed by atoms with van der Waals surface area (Å²) in [5.41, 5.74) is 0. The van der Waals surface area contributed by atoms with Gasteiger partial charge >= 0.3 is 25.8 Å². The molecule has 10 heteroatoms. The van der Waals surface area contributed by atoms with Crippen LogP contribution in [0.3, 0.4) is 0 Å². The van der Waals surface area contributed by atoms with Crippen LogP contribution < -0.4 is 4.89 Å². The third-order valence-corrected chi connectivity index (χ3v) is 1.88. The Morgan fingerprint density at radius 1 is 1.12 bits per heavy atom. The molecule has 0 aromatic rings. The van der Waals surface area contributed by atoms with Crippen molar-refractivity contribution in [2.45, 2.75) is 18.7 Å². The van der Waals surface area contributed by atoms with E-state index in [-0.39, 0.29) is 12.8 Å². The molecule has 4 N–H and O–H groups in total. The van der Waals surface area contributed by atoms with E-state index >= 15 is 0 Å². The smallest absolute Gasteiger partial charge is 0.349 e. The number of carboxylic acids is 2. The molecular formula is C7H11O9P. The highest BCUT2D eigenvalue weighted by Gasteiger charge is 2.25. The van der Waals surface area contributed by atoms with Crippen LogP contribution >= 0.6 is 8.03 Å². The molecule has 0 aromatic heterocycles. The maximum atomic E-state index is 10.1. The van der Waals surface area contributed by atoms with E-state index in [4.69, 9.17) is 20.4 Å². The Balaban J connectivity index is 0. The van der Waals surface area contributed by atoms with Crippen LogP contribution in [0.15, 0.2) is 0 Å². The quantitative estimate of drug-likeness (QED) is 0.394. The number of Topliss-reactive ketones (excluding diaryl/α,β-unsaturated/α-hetero) is 1. The van der Waals surface area contributed by atoms with Gasteiger partial charge in [0, 0.05) is 0 Å². The molecule has 2 unspecified atom stereocenters. The lowest BCUT2D eigenvalue weighted by molar-refractivity contribution is -0.173. The molecule has 0 fully saturated rings. The lowest BCUT2D eigenvalue weighted by atomic mass is 10.3. The van der Waals surface area contributed by atoms with Gasteiger partial charge in [-0.1, -0.05) is 4.57 Å². The van der Waals surface area contributed by atoms with Crippen LogP contribution in [0.4, 0.5) is 0 Å². The molecule has 0 aliphatic heterocycles. The summed E-state index contributed by atoms with van der Waals surface area (Å²) in [4.78, 5) is 39.1. The number of carboxylic acid groups (broad SMARTS) is 2. The first-order chi connectivity index (χ1) is 7.72.